The van der Waals surface area contributed by atoms with Crippen LogP contribution < -0.4 is 10.6 Å². The Morgan fingerprint density at radius 1 is 1.07 bits per heavy atom. The van der Waals surface area contributed by atoms with Crippen LogP contribution in [0.15, 0.2) is 42.5 Å². The highest BCUT2D eigenvalue weighted by Gasteiger charge is 2.27. The zero-order valence-corrected chi connectivity index (χ0v) is 16.3. The molecule has 1 aliphatic carbocycles. The summed E-state index contributed by atoms with van der Waals surface area (Å²) in [5, 5.41) is 9.89. The molecule has 3 aromatic rings. The Labute approximate surface area is 171 Å². The van der Waals surface area contributed by atoms with Crippen LogP contribution in [0.4, 0.5) is 14.5 Å². The molecule has 0 fully saturated rings. The number of hydrogen-bond acceptors (Lipinski definition) is 3. The standard InChI is InChI=1S/C22H20F2N4O2/c1-2-25-21(29)13-5-3-6-14(11-13)26-22(30)20-16-7-4-8-19(16)28(27-20)15-9-10-17(23)18(24)12-15/h3,5-6,9-12H,2,4,7-8H2,1H3,(H,25,29)(H,26,30). The third-order valence-corrected chi connectivity index (χ3v) is 5.01. The van der Waals surface area contributed by atoms with E-state index >= 15 is 0 Å². The number of carbonyl (C=O) groups excluding carboxylic acids is 2. The van der Waals surface area contributed by atoms with Crippen LogP contribution >= 0.6 is 0 Å². The van der Waals surface area contributed by atoms with Crippen molar-refractivity contribution in [3.63, 3.8) is 0 Å². The van der Waals surface area contributed by atoms with E-state index in [0.717, 1.165) is 29.8 Å². The predicted octanol–water partition coefficient (Wildman–Crippen LogP) is 3.64. The number of anilines is 1. The molecular weight excluding hydrogens is 390 g/mol. The van der Waals surface area contributed by atoms with Gasteiger partial charge in [0, 0.05) is 35.1 Å². The lowest BCUT2D eigenvalue weighted by atomic mass is 10.1. The zero-order chi connectivity index (χ0) is 21.3. The molecule has 1 aromatic heterocycles. The first-order valence-corrected chi connectivity index (χ1v) is 9.73. The molecule has 6 nitrogen and oxygen atoms in total. The lowest BCUT2D eigenvalue weighted by Crippen LogP contribution is -2.23. The van der Waals surface area contributed by atoms with Gasteiger partial charge in [0.05, 0.1) is 5.69 Å². The van der Waals surface area contributed by atoms with Gasteiger partial charge in [-0.3, -0.25) is 9.59 Å². The van der Waals surface area contributed by atoms with E-state index in [1.54, 1.807) is 24.3 Å². The normalized spacial score (nSPS) is 12.5. The Bertz CT molecular complexity index is 1140. The minimum atomic E-state index is -0.970. The maximum Gasteiger partial charge on any atom is 0.276 e. The molecule has 0 saturated carbocycles. The minimum absolute atomic E-state index is 0.225. The third-order valence-electron chi connectivity index (χ3n) is 5.01. The van der Waals surface area contributed by atoms with Crippen LogP contribution in [0.25, 0.3) is 5.69 Å². The lowest BCUT2D eigenvalue weighted by molar-refractivity contribution is 0.0954. The van der Waals surface area contributed by atoms with Gasteiger partial charge in [0.15, 0.2) is 17.3 Å². The fraction of sp³-hybridized carbons (Fsp3) is 0.227. The fourth-order valence-corrected chi connectivity index (χ4v) is 3.64. The Morgan fingerprint density at radius 3 is 2.67 bits per heavy atom. The van der Waals surface area contributed by atoms with Gasteiger partial charge in [-0.1, -0.05) is 6.07 Å². The monoisotopic (exact) mass is 410 g/mol. The number of rotatable bonds is 5. The average molecular weight is 410 g/mol. The average Bonchev–Trinajstić information content (AvgIpc) is 3.33. The van der Waals surface area contributed by atoms with Gasteiger partial charge in [-0.25, -0.2) is 13.5 Å². The van der Waals surface area contributed by atoms with E-state index in [2.05, 4.69) is 15.7 Å². The molecule has 8 heteroatoms. The van der Waals surface area contributed by atoms with Crippen molar-refractivity contribution in [1.29, 1.82) is 0 Å². The van der Waals surface area contributed by atoms with Gasteiger partial charge in [0.25, 0.3) is 11.8 Å². The van der Waals surface area contributed by atoms with Crippen LogP contribution in [0.1, 0.15) is 45.4 Å². The van der Waals surface area contributed by atoms with Crippen LogP contribution in [0.2, 0.25) is 0 Å². The summed E-state index contributed by atoms with van der Waals surface area (Å²) in [6.07, 6.45) is 2.23. The summed E-state index contributed by atoms with van der Waals surface area (Å²) in [6, 6.07) is 10.2. The summed E-state index contributed by atoms with van der Waals surface area (Å²) < 4.78 is 28.5. The molecule has 0 aliphatic heterocycles. The SMILES string of the molecule is CCNC(=O)c1cccc(NC(=O)c2nn(-c3ccc(F)c(F)c3)c3c2CCC3)c1. The second kappa shape index (κ2) is 8.06. The quantitative estimate of drug-likeness (QED) is 0.674. The predicted molar refractivity (Wildman–Crippen MR) is 108 cm³/mol. The molecule has 0 spiro atoms. The second-order valence-corrected chi connectivity index (χ2v) is 7.03. The van der Waals surface area contributed by atoms with E-state index in [-0.39, 0.29) is 11.6 Å². The molecule has 2 N–H and O–H groups in total. The highest BCUT2D eigenvalue weighted by Crippen LogP contribution is 2.29. The number of amides is 2. The first kappa shape index (κ1) is 19.8. The third kappa shape index (κ3) is 3.68. The van der Waals surface area contributed by atoms with E-state index in [9.17, 15) is 18.4 Å². The van der Waals surface area contributed by atoms with Crippen molar-refractivity contribution in [3.8, 4) is 5.69 Å². The summed E-state index contributed by atoms with van der Waals surface area (Å²) in [7, 11) is 0. The van der Waals surface area contributed by atoms with Crippen LogP contribution in [0, 0.1) is 11.6 Å². The Hall–Kier alpha value is -3.55. The van der Waals surface area contributed by atoms with Crippen molar-refractivity contribution in [2.45, 2.75) is 26.2 Å². The van der Waals surface area contributed by atoms with Gasteiger partial charge in [0.1, 0.15) is 0 Å². The first-order valence-electron chi connectivity index (χ1n) is 9.73. The number of hydrogen-bond donors (Lipinski definition) is 2. The summed E-state index contributed by atoms with van der Waals surface area (Å²) in [6.45, 7) is 2.33. The van der Waals surface area contributed by atoms with Gasteiger partial charge < -0.3 is 10.6 Å². The van der Waals surface area contributed by atoms with E-state index < -0.39 is 17.5 Å². The largest absolute Gasteiger partial charge is 0.352 e. The van der Waals surface area contributed by atoms with Gasteiger partial charge in [-0.05, 0) is 56.5 Å². The minimum Gasteiger partial charge on any atom is -0.352 e. The topological polar surface area (TPSA) is 76.0 Å². The van der Waals surface area contributed by atoms with E-state index in [4.69, 9.17) is 0 Å². The number of benzene rings is 2. The molecule has 4 rings (SSSR count). The number of carbonyl (C=O) groups is 2. The van der Waals surface area contributed by atoms with Crippen molar-refractivity contribution in [2.75, 3.05) is 11.9 Å². The van der Waals surface area contributed by atoms with E-state index in [1.807, 2.05) is 6.92 Å². The molecular formula is C22H20F2N4O2. The number of fused-ring (bicyclic) bond motifs is 1. The maximum absolute atomic E-state index is 13.7. The number of halogens is 2. The molecule has 1 heterocycles. The Balaban J connectivity index is 1.63. The Morgan fingerprint density at radius 2 is 1.90 bits per heavy atom. The molecule has 0 saturated heterocycles. The summed E-state index contributed by atoms with van der Waals surface area (Å²) in [5.74, 6) is -2.55. The fourth-order valence-electron chi connectivity index (χ4n) is 3.64. The molecule has 0 radical (unpaired) electrons. The van der Waals surface area contributed by atoms with Crippen molar-refractivity contribution in [3.05, 3.63) is 76.6 Å². The second-order valence-electron chi connectivity index (χ2n) is 7.03. The molecule has 1 aliphatic rings. The van der Waals surface area contributed by atoms with Gasteiger partial charge in [0.2, 0.25) is 0 Å². The summed E-state index contributed by atoms with van der Waals surface area (Å²) in [5.41, 5.74) is 3.14. The molecule has 0 atom stereocenters. The van der Waals surface area contributed by atoms with E-state index in [1.165, 1.54) is 10.7 Å². The van der Waals surface area contributed by atoms with Crippen LogP contribution in [-0.2, 0) is 12.8 Å². The zero-order valence-electron chi connectivity index (χ0n) is 16.3. The first-order chi connectivity index (χ1) is 14.5. The molecule has 0 bridgehead atoms. The van der Waals surface area contributed by atoms with Gasteiger partial charge in [-0.15, -0.1) is 0 Å². The van der Waals surface area contributed by atoms with Crippen molar-refractivity contribution < 1.29 is 18.4 Å². The molecule has 30 heavy (non-hydrogen) atoms. The smallest absolute Gasteiger partial charge is 0.276 e. The highest BCUT2D eigenvalue weighted by molar-refractivity contribution is 6.05. The van der Waals surface area contributed by atoms with Crippen LogP contribution in [0.3, 0.4) is 0 Å². The Kier molecular flexibility index (Phi) is 5.31. The summed E-state index contributed by atoms with van der Waals surface area (Å²) in [4.78, 5) is 24.9. The van der Waals surface area contributed by atoms with Gasteiger partial charge >= 0.3 is 0 Å². The number of nitrogens with zero attached hydrogens (tertiary/aromatic N) is 2. The van der Waals surface area contributed by atoms with Crippen molar-refractivity contribution >= 4 is 17.5 Å². The molecule has 2 amide bonds. The van der Waals surface area contributed by atoms with Gasteiger partial charge in [-0.2, -0.15) is 5.10 Å². The van der Waals surface area contributed by atoms with Crippen LogP contribution in [0.5, 0.6) is 0 Å². The molecule has 154 valence electrons. The van der Waals surface area contributed by atoms with Crippen molar-refractivity contribution in [2.24, 2.45) is 0 Å². The molecule has 2 aromatic carbocycles. The van der Waals surface area contributed by atoms with E-state index in [0.29, 0.717) is 36.3 Å². The number of aromatic nitrogens is 2. The lowest BCUT2D eigenvalue weighted by Gasteiger charge is -2.07. The number of nitrogens with one attached hydrogen (secondary N) is 2. The molecule has 0 unspecified atom stereocenters. The highest BCUT2D eigenvalue weighted by atomic mass is 19.2. The van der Waals surface area contributed by atoms with Crippen LogP contribution in [-0.4, -0.2) is 28.1 Å². The van der Waals surface area contributed by atoms with Crippen molar-refractivity contribution in [1.82, 2.24) is 15.1 Å². The summed E-state index contributed by atoms with van der Waals surface area (Å²) >= 11 is 0. The maximum atomic E-state index is 13.7.